The van der Waals surface area contributed by atoms with Gasteiger partial charge in [-0.15, -0.1) is 0 Å². The van der Waals surface area contributed by atoms with Crippen LogP contribution in [0.2, 0.25) is 0 Å². The van der Waals surface area contributed by atoms with Gasteiger partial charge in [0.25, 0.3) is 15.9 Å². The van der Waals surface area contributed by atoms with Gasteiger partial charge >= 0.3 is 0 Å². The lowest BCUT2D eigenvalue weighted by Gasteiger charge is -2.13. The summed E-state index contributed by atoms with van der Waals surface area (Å²) in [5.74, 6) is 0.292. The second kappa shape index (κ2) is 7.41. The minimum absolute atomic E-state index is 0.103. The van der Waals surface area contributed by atoms with Crippen LogP contribution in [-0.2, 0) is 16.6 Å². The van der Waals surface area contributed by atoms with Crippen LogP contribution in [0.15, 0.2) is 84.0 Å². The molecule has 7 nitrogen and oxygen atoms in total. The number of amides is 1. The van der Waals surface area contributed by atoms with Crippen molar-refractivity contribution in [3.05, 3.63) is 90.3 Å². The Morgan fingerprint density at radius 3 is 2.71 bits per heavy atom. The van der Waals surface area contributed by atoms with Crippen molar-refractivity contribution in [1.29, 1.82) is 0 Å². The maximum Gasteiger partial charge on any atom is 0.262 e. The van der Waals surface area contributed by atoms with Crippen LogP contribution < -0.4 is 14.8 Å². The van der Waals surface area contributed by atoms with Crippen LogP contribution in [0.3, 0.4) is 0 Å². The van der Waals surface area contributed by atoms with Gasteiger partial charge in [0.2, 0.25) is 0 Å². The number of ether oxygens (including phenoxy) is 1. The SMILES string of the molecule is O=C1Nc2ccc(S(=O)(=O)Nc3cccc(OCc4cccnc4)c3)c3cccc1c23. The lowest BCUT2D eigenvalue weighted by molar-refractivity contribution is 0.103. The summed E-state index contributed by atoms with van der Waals surface area (Å²) in [4.78, 5) is 16.3. The summed E-state index contributed by atoms with van der Waals surface area (Å²) in [6.45, 7) is 0.319. The summed E-state index contributed by atoms with van der Waals surface area (Å²) in [5.41, 5.74) is 2.36. The minimum atomic E-state index is -3.90. The molecule has 0 saturated heterocycles. The molecule has 1 aromatic heterocycles. The third-order valence-corrected chi connectivity index (χ3v) is 6.44. The van der Waals surface area contributed by atoms with Crippen LogP contribution in [0.4, 0.5) is 11.4 Å². The summed E-state index contributed by atoms with van der Waals surface area (Å²) in [5, 5.41) is 3.86. The lowest BCUT2D eigenvalue weighted by atomic mass is 10.1. The number of nitrogens with zero attached hydrogens (tertiary/aromatic N) is 1. The van der Waals surface area contributed by atoms with E-state index in [9.17, 15) is 13.2 Å². The highest BCUT2D eigenvalue weighted by Gasteiger charge is 2.26. The Balaban J connectivity index is 1.43. The number of hydrogen-bond donors (Lipinski definition) is 2. The standard InChI is InChI=1S/C23H17N3O4S/c27-23-19-8-2-7-18-21(10-9-20(25-23)22(18)19)31(28,29)26-16-5-1-6-17(12-16)30-14-15-4-3-11-24-13-15/h1-13,26H,14H2,(H,25,27). The molecule has 1 aliphatic rings. The molecular weight excluding hydrogens is 414 g/mol. The van der Waals surface area contributed by atoms with E-state index >= 15 is 0 Å². The number of sulfonamides is 1. The van der Waals surface area contributed by atoms with Gasteiger partial charge in [0.15, 0.2) is 0 Å². The molecule has 1 amide bonds. The highest BCUT2D eigenvalue weighted by molar-refractivity contribution is 7.93. The van der Waals surface area contributed by atoms with Gasteiger partial charge in [0, 0.05) is 46.0 Å². The van der Waals surface area contributed by atoms with Crippen molar-refractivity contribution in [2.24, 2.45) is 0 Å². The van der Waals surface area contributed by atoms with Crippen LogP contribution in [0, 0.1) is 0 Å². The molecule has 8 heteroatoms. The average Bonchev–Trinajstić information content (AvgIpc) is 3.10. The Morgan fingerprint density at radius 2 is 1.87 bits per heavy atom. The van der Waals surface area contributed by atoms with Gasteiger partial charge in [0.05, 0.1) is 10.6 Å². The van der Waals surface area contributed by atoms with Gasteiger partial charge in [-0.3, -0.25) is 14.5 Å². The maximum atomic E-state index is 13.2. The van der Waals surface area contributed by atoms with Crippen molar-refractivity contribution in [2.45, 2.75) is 11.5 Å². The van der Waals surface area contributed by atoms with E-state index in [-0.39, 0.29) is 10.8 Å². The van der Waals surface area contributed by atoms with E-state index in [0.717, 1.165) is 5.56 Å². The van der Waals surface area contributed by atoms with Crippen LogP contribution >= 0.6 is 0 Å². The largest absolute Gasteiger partial charge is 0.489 e. The normalized spacial score (nSPS) is 12.6. The molecule has 2 heterocycles. The van der Waals surface area contributed by atoms with E-state index in [4.69, 9.17) is 4.74 Å². The predicted molar refractivity (Wildman–Crippen MR) is 118 cm³/mol. The molecule has 0 fully saturated rings. The van der Waals surface area contributed by atoms with Gasteiger partial charge in [-0.05, 0) is 36.4 Å². The molecule has 3 aromatic carbocycles. The topological polar surface area (TPSA) is 97.4 Å². The Labute approximate surface area is 178 Å². The quantitative estimate of drug-likeness (QED) is 0.477. The second-order valence-electron chi connectivity index (χ2n) is 7.08. The van der Waals surface area contributed by atoms with E-state index in [1.807, 2.05) is 12.1 Å². The molecule has 0 spiro atoms. The average molecular weight is 431 g/mol. The molecule has 154 valence electrons. The molecule has 0 atom stereocenters. The Bertz CT molecular complexity index is 1420. The zero-order chi connectivity index (χ0) is 21.4. The van der Waals surface area contributed by atoms with Crippen LogP contribution in [0.25, 0.3) is 10.8 Å². The Kier molecular flexibility index (Phi) is 4.56. The van der Waals surface area contributed by atoms with Crippen molar-refractivity contribution < 1.29 is 17.9 Å². The van der Waals surface area contributed by atoms with Gasteiger partial charge < -0.3 is 10.1 Å². The first kappa shape index (κ1) is 19.1. The molecule has 0 radical (unpaired) electrons. The summed E-state index contributed by atoms with van der Waals surface area (Å²) < 4.78 is 34.7. The monoisotopic (exact) mass is 431 g/mol. The molecule has 2 N–H and O–H groups in total. The van der Waals surface area contributed by atoms with E-state index in [0.29, 0.717) is 40.1 Å². The van der Waals surface area contributed by atoms with Crippen molar-refractivity contribution in [3.63, 3.8) is 0 Å². The Morgan fingerprint density at radius 1 is 1.00 bits per heavy atom. The summed E-state index contributed by atoms with van der Waals surface area (Å²) in [6.07, 6.45) is 3.40. The molecule has 0 aliphatic carbocycles. The van der Waals surface area contributed by atoms with Gasteiger partial charge in [-0.25, -0.2) is 8.42 Å². The highest BCUT2D eigenvalue weighted by Crippen LogP contribution is 2.37. The first-order chi connectivity index (χ1) is 15.0. The third-order valence-electron chi connectivity index (χ3n) is 5.00. The lowest BCUT2D eigenvalue weighted by Crippen LogP contribution is -2.13. The van der Waals surface area contributed by atoms with E-state index in [1.165, 1.54) is 6.07 Å². The number of nitrogens with one attached hydrogen (secondary N) is 2. The fourth-order valence-corrected chi connectivity index (χ4v) is 4.86. The molecule has 1 aliphatic heterocycles. The predicted octanol–water partition coefficient (Wildman–Crippen LogP) is 4.18. The summed E-state index contributed by atoms with van der Waals surface area (Å²) in [6, 6.07) is 18.6. The smallest absolute Gasteiger partial charge is 0.262 e. The molecule has 0 saturated carbocycles. The van der Waals surface area contributed by atoms with E-state index in [1.54, 1.807) is 60.9 Å². The molecule has 4 aromatic rings. The van der Waals surface area contributed by atoms with Gasteiger partial charge in [0.1, 0.15) is 12.4 Å². The summed E-state index contributed by atoms with van der Waals surface area (Å²) >= 11 is 0. The van der Waals surface area contributed by atoms with Crippen LogP contribution in [-0.4, -0.2) is 19.3 Å². The Hall–Kier alpha value is -3.91. The number of carbonyl (C=O) groups is 1. The first-order valence-electron chi connectivity index (χ1n) is 9.53. The number of anilines is 2. The third kappa shape index (κ3) is 3.57. The number of aromatic nitrogens is 1. The first-order valence-corrected chi connectivity index (χ1v) is 11.0. The van der Waals surface area contributed by atoms with Crippen molar-refractivity contribution in [3.8, 4) is 5.75 Å². The van der Waals surface area contributed by atoms with Crippen molar-refractivity contribution in [2.75, 3.05) is 10.0 Å². The number of carbonyl (C=O) groups excluding carboxylic acids is 1. The molecule has 31 heavy (non-hydrogen) atoms. The van der Waals surface area contributed by atoms with Gasteiger partial charge in [-0.2, -0.15) is 0 Å². The number of rotatable bonds is 6. The molecule has 5 rings (SSSR count). The molecular formula is C23H17N3O4S. The zero-order valence-electron chi connectivity index (χ0n) is 16.2. The van der Waals surface area contributed by atoms with Crippen LogP contribution in [0.5, 0.6) is 5.75 Å². The summed E-state index contributed by atoms with van der Waals surface area (Å²) in [7, 11) is -3.90. The van der Waals surface area contributed by atoms with Crippen molar-refractivity contribution >= 4 is 38.1 Å². The zero-order valence-corrected chi connectivity index (χ0v) is 17.0. The molecule has 0 unspecified atom stereocenters. The number of benzene rings is 3. The fourth-order valence-electron chi connectivity index (χ4n) is 3.61. The van der Waals surface area contributed by atoms with E-state index in [2.05, 4.69) is 15.0 Å². The van der Waals surface area contributed by atoms with E-state index < -0.39 is 10.0 Å². The number of hydrogen-bond acceptors (Lipinski definition) is 5. The molecule has 0 bridgehead atoms. The number of pyridine rings is 1. The van der Waals surface area contributed by atoms with Crippen molar-refractivity contribution in [1.82, 2.24) is 4.98 Å². The minimum Gasteiger partial charge on any atom is -0.489 e. The fraction of sp³-hybridized carbons (Fsp3) is 0.0435. The second-order valence-corrected chi connectivity index (χ2v) is 8.73. The highest BCUT2D eigenvalue weighted by atomic mass is 32.2. The maximum absolute atomic E-state index is 13.2. The van der Waals surface area contributed by atoms with Crippen LogP contribution in [0.1, 0.15) is 15.9 Å². The van der Waals surface area contributed by atoms with Gasteiger partial charge in [-0.1, -0.05) is 24.3 Å².